The van der Waals surface area contributed by atoms with Crippen molar-refractivity contribution in [3.05, 3.63) is 29.6 Å². The summed E-state index contributed by atoms with van der Waals surface area (Å²) in [5.74, 6) is -0.600. The molecule has 1 N–H and O–H groups in total. The second kappa shape index (κ2) is 4.26. The number of carbonyl (C=O) groups excluding carboxylic acids is 1. The summed E-state index contributed by atoms with van der Waals surface area (Å²) in [6.45, 7) is 4.94. The maximum atomic E-state index is 13.5. The van der Waals surface area contributed by atoms with E-state index in [4.69, 9.17) is 0 Å². The van der Waals surface area contributed by atoms with Crippen LogP contribution in [0.2, 0.25) is 0 Å². The quantitative estimate of drug-likeness (QED) is 0.897. The van der Waals surface area contributed by atoms with Crippen molar-refractivity contribution in [2.24, 2.45) is 11.3 Å². The number of hydrogen-bond acceptors (Lipinski definition) is 2. The molecule has 0 aromatic heterocycles. The van der Waals surface area contributed by atoms with Gasteiger partial charge in [0.1, 0.15) is 11.6 Å². The zero-order chi connectivity index (χ0) is 13.5. The highest BCUT2D eigenvalue weighted by Gasteiger charge is 2.46. The Balaban J connectivity index is 2.08. The van der Waals surface area contributed by atoms with Gasteiger partial charge in [0, 0.05) is 13.6 Å². The molecule has 3 nitrogen and oxygen atoms in total. The average Bonchev–Trinajstić information content (AvgIpc) is 2.88. The van der Waals surface area contributed by atoms with Crippen molar-refractivity contribution < 1.29 is 14.3 Å². The smallest absolute Gasteiger partial charge is 0.256 e. The Morgan fingerprint density at radius 3 is 2.72 bits per heavy atom. The van der Waals surface area contributed by atoms with Crippen LogP contribution in [0.25, 0.3) is 0 Å². The molecule has 0 radical (unpaired) electrons. The second-order valence-corrected chi connectivity index (χ2v) is 5.74. The molecule has 0 aliphatic heterocycles. The first-order valence-electron chi connectivity index (χ1n) is 6.05. The summed E-state index contributed by atoms with van der Waals surface area (Å²) in [5, 5.41) is 9.31. The van der Waals surface area contributed by atoms with E-state index in [2.05, 4.69) is 13.8 Å². The van der Waals surface area contributed by atoms with E-state index in [-0.39, 0.29) is 22.6 Å². The Hall–Kier alpha value is -1.58. The van der Waals surface area contributed by atoms with Crippen molar-refractivity contribution >= 4 is 5.91 Å². The van der Waals surface area contributed by atoms with E-state index in [0.29, 0.717) is 12.5 Å². The molecule has 0 bridgehead atoms. The fraction of sp³-hybridized carbons (Fsp3) is 0.500. The van der Waals surface area contributed by atoms with E-state index in [1.54, 1.807) is 7.05 Å². The van der Waals surface area contributed by atoms with Crippen molar-refractivity contribution in [1.29, 1.82) is 0 Å². The predicted molar refractivity (Wildman–Crippen MR) is 66.9 cm³/mol. The Morgan fingerprint density at radius 2 is 2.17 bits per heavy atom. The molecule has 1 aromatic rings. The molecule has 4 heteroatoms. The minimum absolute atomic E-state index is 0.0732. The van der Waals surface area contributed by atoms with E-state index >= 15 is 0 Å². The Labute approximate surface area is 106 Å². The number of rotatable bonds is 3. The minimum atomic E-state index is -0.597. The topological polar surface area (TPSA) is 40.5 Å². The third-order valence-corrected chi connectivity index (χ3v) is 3.74. The second-order valence-electron chi connectivity index (χ2n) is 5.74. The van der Waals surface area contributed by atoms with Gasteiger partial charge in [-0.2, -0.15) is 0 Å². The third-order valence-electron chi connectivity index (χ3n) is 3.74. The van der Waals surface area contributed by atoms with Gasteiger partial charge in [-0.3, -0.25) is 4.79 Å². The van der Waals surface area contributed by atoms with Crippen LogP contribution in [0.1, 0.15) is 30.6 Å². The number of phenolic OH excluding ortho intramolecular Hbond substituents is 1. The summed E-state index contributed by atoms with van der Waals surface area (Å²) in [5.41, 5.74) is 0.210. The molecule has 1 fully saturated rings. The summed E-state index contributed by atoms with van der Waals surface area (Å²) < 4.78 is 13.5. The number of amides is 1. The predicted octanol–water partition coefficient (Wildman–Crippen LogP) is 2.65. The number of phenols is 1. The molecule has 0 spiro atoms. The average molecular weight is 251 g/mol. The standard InChI is InChI=1S/C14H18FNO2/c1-14(2)7-9(14)8-16(3)13(18)11-6-10(17)4-5-12(11)15/h4-6,9,17H,7-8H2,1-3H3/t9-/m0/s1. The largest absolute Gasteiger partial charge is 0.508 e. The molecule has 2 rings (SSSR count). The zero-order valence-corrected chi connectivity index (χ0v) is 10.9. The molecule has 1 aliphatic rings. The minimum Gasteiger partial charge on any atom is -0.508 e. The first kappa shape index (κ1) is 12.9. The monoisotopic (exact) mass is 251 g/mol. The molecule has 98 valence electrons. The first-order chi connectivity index (χ1) is 8.31. The lowest BCUT2D eigenvalue weighted by atomic mass is 10.1. The Kier molecular flexibility index (Phi) is 3.05. The highest BCUT2D eigenvalue weighted by Crippen LogP contribution is 2.51. The summed E-state index contributed by atoms with van der Waals surface area (Å²) in [4.78, 5) is 13.6. The van der Waals surface area contributed by atoms with Crippen LogP contribution in [0.5, 0.6) is 5.75 Å². The summed E-state index contributed by atoms with van der Waals surface area (Å²) in [7, 11) is 1.67. The van der Waals surface area contributed by atoms with Crippen LogP contribution >= 0.6 is 0 Å². The molecule has 1 aromatic carbocycles. The van der Waals surface area contributed by atoms with Crippen LogP contribution in [0.3, 0.4) is 0 Å². The van der Waals surface area contributed by atoms with Crippen molar-refractivity contribution in [2.45, 2.75) is 20.3 Å². The maximum absolute atomic E-state index is 13.5. The molecule has 0 saturated heterocycles. The van der Waals surface area contributed by atoms with Gasteiger partial charge in [-0.25, -0.2) is 4.39 Å². The van der Waals surface area contributed by atoms with Crippen molar-refractivity contribution in [2.75, 3.05) is 13.6 Å². The lowest BCUT2D eigenvalue weighted by Gasteiger charge is -2.18. The van der Waals surface area contributed by atoms with Crippen LogP contribution in [-0.4, -0.2) is 29.5 Å². The van der Waals surface area contributed by atoms with Gasteiger partial charge < -0.3 is 10.0 Å². The molecule has 18 heavy (non-hydrogen) atoms. The van der Waals surface area contributed by atoms with Crippen molar-refractivity contribution in [1.82, 2.24) is 4.90 Å². The highest BCUT2D eigenvalue weighted by molar-refractivity contribution is 5.94. The lowest BCUT2D eigenvalue weighted by Crippen LogP contribution is -2.30. The van der Waals surface area contributed by atoms with E-state index in [0.717, 1.165) is 12.5 Å². The zero-order valence-electron chi connectivity index (χ0n) is 10.9. The SMILES string of the molecule is CN(C[C@@H]1CC1(C)C)C(=O)c1cc(O)ccc1F. The van der Waals surface area contributed by atoms with Gasteiger partial charge in [0.05, 0.1) is 5.56 Å². The number of nitrogens with zero attached hydrogens (tertiary/aromatic N) is 1. The number of benzene rings is 1. The van der Waals surface area contributed by atoms with E-state index in [9.17, 15) is 14.3 Å². The Bertz CT molecular complexity index is 485. The summed E-state index contributed by atoms with van der Waals surface area (Å²) in [6, 6.07) is 3.51. The van der Waals surface area contributed by atoms with Crippen molar-refractivity contribution in [3.63, 3.8) is 0 Å². The van der Waals surface area contributed by atoms with Crippen LogP contribution in [0.4, 0.5) is 4.39 Å². The fourth-order valence-electron chi connectivity index (χ4n) is 2.18. The van der Waals surface area contributed by atoms with E-state index in [1.165, 1.54) is 17.0 Å². The van der Waals surface area contributed by atoms with Gasteiger partial charge >= 0.3 is 0 Å². The number of carbonyl (C=O) groups is 1. The van der Waals surface area contributed by atoms with Crippen LogP contribution in [0, 0.1) is 17.2 Å². The summed E-state index contributed by atoms with van der Waals surface area (Å²) in [6.07, 6.45) is 1.09. The van der Waals surface area contributed by atoms with Gasteiger partial charge in [-0.05, 0) is 36.0 Å². The number of halogens is 1. The molecular weight excluding hydrogens is 233 g/mol. The molecule has 1 amide bonds. The first-order valence-corrected chi connectivity index (χ1v) is 6.05. The lowest BCUT2D eigenvalue weighted by molar-refractivity contribution is 0.0779. The molecular formula is C14H18FNO2. The van der Waals surface area contributed by atoms with E-state index in [1.807, 2.05) is 0 Å². The molecule has 0 heterocycles. The molecule has 1 saturated carbocycles. The maximum Gasteiger partial charge on any atom is 0.256 e. The van der Waals surface area contributed by atoms with Gasteiger partial charge in [-0.15, -0.1) is 0 Å². The highest BCUT2D eigenvalue weighted by atomic mass is 19.1. The van der Waals surface area contributed by atoms with Gasteiger partial charge in [0.25, 0.3) is 5.91 Å². The number of hydrogen-bond donors (Lipinski definition) is 1. The molecule has 1 atom stereocenters. The third kappa shape index (κ3) is 2.47. The van der Waals surface area contributed by atoms with Crippen LogP contribution in [-0.2, 0) is 0 Å². The van der Waals surface area contributed by atoms with Crippen molar-refractivity contribution in [3.8, 4) is 5.75 Å². The van der Waals surface area contributed by atoms with Gasteiger partial charge in [-0.1, -0.05) is 13.8 Å². The summed E-state index contributed by atoms with van der Waals surface area (Å²) >= 11 is 0. The molecule has 1 aliphatic carbocycles. The Morgan fingerprint density at radius 1 is 1.56 bits per heavy atom. The van der Waals surface area contributed by atoms with E-state index < -0.39 is 5.82 Å². The molecule has 0 unspecified atom stereocenters. The normalized spacial score (nSPS) is 20.6. The van der Waals surface area contributed by atoms with Gasteiger partial charge in [0.2, 0.25) is 0 Å². The van der Waals surface area contributed by atoms with Crippen LogP contribution in [0.15, 0.2) is 18.2 Å². The number of aromatic hydroxyl groups is 1. The van der Waals surface area contributed by atoms with Crippen LogP contribution < -0.4 is 0 Å². The fourth-order valence-corrected chi connectivity index (χ4v) is 2.18. The van der Waals surface area contributed by atoms with Gasteiger partial charge in [0.15, 0.2) is 0 Å².